The average Bonchev–Trinajstić information content (AvgIpc) is 3.47. The fourth-order valence-electron chi connectivity index (χ4n) is 4.54. The van der Waals surface area contributed by atoms with E-state index in [1.807, 2.05) is 20.8 Å². The number of fused-ring (bicyclic) bond motifs is 1. The number of rotatable bonds is 7. The molecular weight excluding hydrogens is 510 g/mol. The van der Waals surface area contributed by atoms with Gasteiger partial charge in [0.25, 0.3) is 11.7 Å². The molecule has 3 aromatic rings. The van der Waals surface area contributed by atoms with Gasteiger partial charge < -0.3 is 24.1 Å². The van der Waals surface area contributed by atoms with Crippen LogP contribution in [0.4, 0.5) is 5.69 Å². The number of benzene rings is 3. The molecule has 1 unspecified atom stereocenters. The maximum atomic E-state index is 13.5. The number of aliphatic hydroxyl groups is 1. The number of hydrogen-bond acceptors (Lipinski definition) is 7. The zero-order valence-corrected chi connectivity index (χ0v) is 21.8. The summed E-state index contributed by atoms with van der Waals surface area (Å²) in [6.07, 6.45) is -0.0279. The molecule has 1 saturated heterocycles. The number of anilines is 1. The van der Waals surface area contributed by atoms with Crippen molar-refractivity contribution in [3.05, 3.63) is 82.4 Å². The summed E-state index contributed by atoms with van der Waals surface area (Å²) in [5.41, 5.74) is 1.10. The van der Waals surface area contributed by atoms with Gasteiger partial charge in [-0.05, 0) is 68.8 Å². The van der Waals surface area contributed by atoms with E-state index in [0.717, 1.165) is 0 Å². The lowest BCUT2D eigenvalue weighted by Crippen LogP contribution is -2.29. The number of halogens is 1. The van der Waals surface area contributed by atoms with E-state index in [1.54, 1.807) is 60.7 Å². The first-order valence-electron chi connectivity index (χ1n) is 12.2. The largest absolute Gasteiger partial charge is 0.507 e. The molecule has 2 aliphatic rings. The van der Waals surface area contributed by atoms with Gasteiger partial charge in [-0.25, -0.2) is 0 Å². The smallest absolute Gasteiger partial charge is 0.300 e. The Labute approximate surface area is 224 Å². The lowest BCUT2D eigenvalue weighted by molar-refractivity contribution is -0.132. The third kappa shape index (κ3) is 4.63. The minimum Gasteiger partial charge on any atom is -0.507 e. The molecule has 2 aliphatic heterocycles. The molecule has 8 nitrogen and oxygen atoms in total. The van der Waals surface area contributed by atoms with Crippen molar-refractivity contribution in [1.29, 1.82) is 0 Å². The van der Waals surface area contributed by atoms with Crippen LogP contribution in [0.15, 0.2) is 66.2 Å². The van der Waals surface area contributed by atoms with Crippen LogP contribution in [-0.2, 0) is 9.59 Å². The summed E-state index contributed by atoms with van der Waals surface area (Å²) in [6.45, 7) is 6.14. The summed E-state index contributed by atoms with van der Waals surface area (Å²) in [5, 5.41) is 11.7. The van der Waals surface area contributed by atoms with Gasteiger partial charge >= 0.3 is 0 Å². The van der Waals surface area contributed by atoms with Gasteiger partial charge in [-0.3, -0.25) is 14.5 Å². The number of ketones is 1. The van der Waals surface area contributed by atoms with E-state index in [1.165, 1.54) is 4.90 Å². The summed E-state index contributed by atoms with van der Waals surface area (Å²) in [6, 6.07) is 15.9. The predicted molar refractivity (Wildman–Crippen MR) is 142 cm³/mol. The second-order valence-electron chi connectivity index (χ2n) is 9.02. The Morgan fingerprint density at radius 2 is 1.74 bits per heavy atom. The van der Waals surface area contributed by atoms with Crippen molar-refractivity contribution >= 4 is 34.7 Å². The van der Waals surface area contributed by atoms with Gasteiger partial charge in [-0.15, -0.1) is 0 Å². The molecular formula is C29H26ClNO7. The first kappa shape index (κ1) is 25.5. The Morgan fingerprint density at radius 1 is 1.03 bits per heavy atom. The monoisotopic (exact) mass is 535 g/mol. The van der Waals surface area contributed by atoms with Gasteiger partial charge in [0.05, 0.1) is 29.3 Å². The molecule has 0 bridgehead atoms. The van der Waals surface area contributed by atoms with Gasteiger partial charge in [-0.2, -0.15) is 0 Å². The van der Waals surface area contributed by atoms with Crippen molar-refractivity contribution < 1.29 is 33.6 Å². The van der Waals surface area contributed by atoms with Crippen LogP contribution in [-0.4, -0.2) is 36.3 Å². The molecule has 9 heteroatoms. The minimum absolute atomic E-state index is 0.0279. The van der Waals surface area contributed by atoms with E-state index < -0.39 is 23.5 Å². The predicted octanol–water partition coefficient (Wildman–Crippen LogP) is 5.88. The normalized spacial score (nSPS) is 17.8. The number of ether oxygens (including phenoxy) is 4. The topological polar surface area (TPSA) is 94.5 Å². The van der Waals surface area contributed by atoms with Crippen molar-refractivity contribution in [3.63, 3.8) is 0 Å². The molecule has 0 aromatic heterocycles. The molecule has 196 valence electrons. The van der Waals surface area contributed by atoms with Gasteiger partial charge in [0.15, 0.2) is 11.5 Å². The number of carbonyl (C=O) groups excluding carboxylic acids is 2. The molecule has 0 spiro atoms. The Bertz CT molecular complexity index is 1430. The van der Waals surface area contributed by atoms with Crippen molar-refractivity contribution in [3.8, 4) is 23.0 Å². The summed E-state index contributed by atoms with van der Waals surface area (Å²) in [5.74, 6) is 0.0607. The maximum absolute atomic E-state index is 13.5. The Hall–Kier alpha value is -4.17. The molecule has 1 amide bonds. The number of amides is 1. The highest BCUT2D eigenvalue weighted by Gasteiger charge is 2.47. The summed E-state index contributed by atoms with van der Waals surface area (Å²) >= 11 is 6.43. The Balaban J connectivity index is 1.68. The number of hydrogen-bond donors (Lipinski definition) is 1. The van der Waals surface area contributed by atoms with E-state index in [0.29, 0.717) is 40.9 Å². The molecule has 0 aliphatic carbocycles. The molecule has 38 heavy (non-hydrogen) atoms. The van der Waals surface area contributed by atoms with E-state index in [-0.39, 0.29) is 29.1 Å². The molecule has 1 fully saturated rings. The maximum Gasteiger partial charge on any atom is 0.300 e. The fourth-order valence-corrected chi connectivity index (χ4v) is 4.74. The Morgan fingerprint density at radius 3 is 2.45 bits per heavy atom. The zero-order valence-electron chi connectivity index (χ0n) is 21.1. The molecule has 1 N–H and O–H groups in total. The first-order chi connectivity index (χ1) is 18.3. The molecule has 5 rings (SSSR count). The summed E-state index contributed by atoms with van der Waals surface area (Å²) in [4.78, 5) is 28.3. The highest BCUT2D eigenvalue weighted by atomic mass is 35.5. The van der Waals surface area contributed by atoms with Crippen LogP contribution >= 0.6 is 11.6 Å². The van der Waals surface area contributed by atoms with Crippen LogP contribution in [0.25, 0.3) is 5.76 Å². The van der Waals surface area contributed by atoms with E-state index in [2.05, 4.69) is 0 Å². The lowest BCUT2D eigenvalue weighted by atomic mass is 9.95. The first-order valence-corrected chi connectivity index (χ1v) is 12.6. The second kappa shape index (κ2) is 10.3. The van der Waals surface area contributed by atoms with Gasteiger partial charge in [-0.1, -0.05) is 23.7 Å². The zero-order chi connectivity index (χ0) is 27.0. The summed E-state index contributed by atoms with van der Waals surface area (Å²) < 4.78 is 22.2. The second-order valence-corrected chi connectivity index (χ2v) is 9.42. The Kier molecular flexibility index (Phi) is 6.91. The van der Waals surface area contributed by atoms with E-state index in [9.17, 15) is 14.7 Å². The molecule has 3 aromatic carbocycles. The van der Waals surface area contributed by atoms with Crippen LogP contribution in [0.1, 0.15) is 37.9 Å². The van der Waals surface area contributed by atoms with Crippen LogP contribution in [0.3, 0.4) is 0 Å². The molecule has 0 saturated carbocycles. The third-order valence-electron chi connectivity index (χ3n) is 6.15. The number of nitrogens with zero attached hydrogens (tertiary/aromatic N) is 1. The number of Topliss-reactive ketones (excluding diaryl/α,β-unsaturated/α-hetero) is 1. The number of carbonyl (C=O) groups is 2. The van der Waals surface area contributed by atoms with Gasteiger partial charge in [0, 0.05) is 17.3 Å². The highest BCUT2D eigenvalue weighted by molar-refractivity contribution is 6.52. The van der Waals surface area contributed by atoms with Crippen molar-refractivity contribution in [2.24, 2.45) is 0 Å². The quantitative estimate of drug-likeness (QED) is 0.229. The van der Waals surface area contributed by atoms with Gasteiger partial charge in [0.1, 0.15) is 17.3 Å². The lowest BCUT2D eigenvalue weighted by Gasteiger charge is -2.26. The average molecular weight is 536 g/mol. The molecule has 1 atom stereocenters. The number of aliphatic hydroxyl groups excluding tert-OH is 1. The van der Waals surface area contributed by atoms with Crippen molar-refractivity contribution in [2.75, 3.05) is 18.3 Å². The van der Waals surface area contributed by atoms with E-state index in [4.69, 9.17) is 30.5 Å². The SMILES string of the molecule is CCOc1ccc(Cl)c(/C(O)=C2\C(=O)C(=O)N(c3ccc4c(c3)OCO4)C2c2ccc(OC(C)C)cc2)c1. The van der Waals surface area contributed by atoms with Gasteiger partial charge in [0.2, 0.25) is 6.79 Å². The summed E-state index contributed by atoms with van der Waals surface area (Å²) in [7, 11) is 0. The van der Waals surface area contributed by atoms with Crippen LogP contribution in [0, 0.1) is 0 Å². The fraction of sp³-hybridized carbons (Fsp3) is 0.241. The third-order valence-corrected chi connectivity index (χ3v) is 6.48. The minimum atomic E-state index is -0.949. The van der Waals surface area contributed by atoms with Crippen LogP contribution in [0.5, 0.6) is 23.0 Å². The van der Waals surface area contributed by atoms with Crippen molar-refractivity contribution in [2.45, 2.75) is 32.9 Å². The molecule has 0 radical (unpaired) electrons. The van der Waals surface area contributed by atoms with Crippen LogP contribution in [0.2, 0.25) is 5.02 Å². The standard InChI is InChI=1S/C29H26ClNO7/c1-4-35-20-10-11-22(30)21(14-20)27(32)25-26(17-5-8-19(9-6-17)38-16(2)3)31(29(34)28(25)33)18-7-12-23-24(13-18)37-15-36-23/h5-14,16,26,32H,4,15H2,1-3H3/b27-25+. The highest BCUT2D eigenvalue weighted by Crippen LogP contribution is 2.46. The van der Waals surface area contributed by atoms with Crippen LogP contribution < -0.4 is 23.8 Å². The molecule has 2 heterocycles. The van der Waals surface area contributed by atoms with Crippen molar-refractivity contribution in [1.82, 2.24) is 0 Å². The van der Waals surface area contributed by atoms with E-state index >= 15 is 0 Å².